The molecular weight excluding hydrogens is 396 g/mol. The lowest BCUT2D eigenvalue weighted by atomic mass is 10.1. The zero-order chi connectivity index (χ0) is 21.3. The third-order valence-corrected chi connectivity index (χ3v) is 5.80. The molecule has 0 saturated carbocycles. The minimum atomic E-state index is -0.0418. The predicted molar refractivity (Wildman–Crippen MR) is 124 cm³/mol. The van der Waals surface area contributed by atoms with E-state index in [0.29, 0.717) is 30.9 Å². The average molecular weight is 425 g/mol. The van der Waals surface area contributed by atoms with Crippen molar-refractivity contribution >= 4 is 44.2 Å². The molecule has 2 amide bonds. The van der Waals surface area contributed by atoms with Crippen molar-refractivity contribution in [1.29, 1.82) is 0 Å². The summed E-state index contributed by atoms with van der Waals surface area (Å²) in [5.41, 5.74) is 3.12. The van der Waals surface area contributed by atoms with E-state index in [1.54, 1.807) is 0 Å². The van der Waals surface area contributed by atoms with Gasteiger partial charge < -0.3 is 15.5 Å². The highest BCUT2D eigenvalue weighted by Gasteiger charge is 2.09. The summed E-state index contributed by atoms with van der Waals surface area (Å²) in [6.07, 6.45) is 1.55. The van der Waals surface area contributed by atoms with Crippen LogP contribution in [-0.4, -0.2) is 36.4 Å². The van der Waals surface area contributed by atoms with E-state index in [9.17, 15) is 9.59 Å². The minimum Gasteiger partial charge on any atom is -0.370 e. The van der Waals surface area contributed by atoms with Crippen LogP contribution >= 0.6 is 11.3 Å². The number of aryl methyl sites for hydroxylation is 1. The second-order valence-electron chi connectivity index (χ2n) is 6.99. The Morgan fingerprint density at radius 1 is 1.07 bits per heavy atom. The molecule has 30 heavy (non-hydrogen) atoms. The van der Waals surface area contributed by atoms with Crippen molar-refractivity contribution in [2.24, 2.45) is 0 Å². The fourth-order valence-electron chi connectivity index (χ4n) is 3.17. The summed E-state index contributed by atoms with van der Waals surface area (Å²) in [6.45, 7) is 6.23. The second-order valence-corrected chi connectivity index (χ2v) is 8.02. The van der Waals surface area contributed by atoms with Crippen molar-refractivity contribution in [3.8, 4) is 0 Å². The SMILES string of the molecule is CCC(=O)Nc1nc2ccc(CCC(=O)NCCN(CC)c3ccccc3)cc2s1. The smallest absolute Gasteiger partial charge is 0.225 e. The number of para-hydroxylation sites is 1. The Labute approximate surface area is 181 Å². The maximum absolute atomic E-state index is 12.3. The lowest BCUT2D eigenvalue weighted by Crippen LogP contribution is -2.35. The van der Waals surface area contributed by atoms with E-state index in [1.807, 2.05) is 37.3 Å². The molecule has 158 valence electrons. The molecule has 0 aliphatic rings. The Bertz CT molecular complexity index is 987. The quantitative estimate of drug-likeness (QED) is 0.511. The Balaban J connectivity index is 1.47. The molecule has 0 spiro atoms. The molecule has 0 atom stereocenters. The number of hydrogen-bond donors (Lipinski definition) is 2. The van der Waals surface area contributed by atoms with E-state index in [1.165, 1.54) is 17.0 Å². The minimum absolute atomic E-state index is 0.0418. The third kappa shape index (κ3) is 6.03. The average Bonchev–Trinajstić information content (AvgIpc) is 3.17. The van der Waals surface area contributed by atoms with Crippen molar-refractivity contribution in [2.45, 2.75) is 33.1 Å². The number of anilines is 2. The van der Waals surface area contributed by atoms with Crippen LogP contribution in [0.1, 0.15) is 32.3 Å². The molecule has 3 rings (SSSR count). The Hall–Kier alpha value is -2.93. The molecule has 0 aliphatic heterocycles. The molecule has 6 nitrogen and oxygen atoms in total. The zero-order valence-electron chi connectivity index (χ0n) is 17.5. The van der Waals surface area contributed by atoms with E-state index in [4.69, 9.17) is 0 Å². The van der Waals surface area contributed by atoms with Crippen LogP contribution in [0.25, 0.3) is 10.2 Å². The summed E-state index contributed by atoms with van der Waals surface area (Å²) in [5, 5.41) is 6.44. The monoisotopic (exact) mass is 424 g/mol. The van der Waals surface area contributed by atoms with Gasteiger partial charge in [0.05, 0.1) is 10.2 Å². The highest BCUT2D eigenvalue weighted by atomic mass is 32.1. The van der Waals surface area contributed by atoms with Gasteiger partial charge in [0.2, 0.25) is 11.8 Å². The van der Waals surface area contributed by atoms with Gasteiger partial charge in [-0.25, -0.2) is 4.98 Å². The van der Waals surface area contributed by atoms with E-state index >= 15 is 0 Å². The second kappa shape index (κ2) is 10.7. The van der Waals surface area contributed by atoms with Gasteiger partial charge in [0, 0.05) is 38.2 Å². The van der Waals surface area contributed by atoms with Gasteiger partial charge >= 0.3 is 0 Å². The van der Waals surface area contributed by atoms with Crippen molar-refractivity contribution in [3.63, 3.8) is 0 Å². The van der Waals surface area contributed by atoms with Crippen molar-refractivity contribution in [2.75, 3.05) is 29.9 Å². The van der Waals surface area contributed by atoms with Crippen LogP contribution in [-0.2, 0) is 16.0 Å². The Kier molecular flexibility index (Phi) is 7.79. The summed E-state index contributed by atoms with van der Waals surface area (Å²) in [7, 11) is 0. The zero-order valence-corrected chi connectivity index (χ0v) is 18.3. The summed E-state index contributed by atoms with van der Waals surface area (Å²) in [4.78, 5) is 30.5. The van der Waals surface area contributed by atoms with Crippen LogP contribution in [0.4, 0.5) is 10.8 Å². The number of fused-ring (bicyclic) bond motifs is 1. The molecule has 1 aromatic heterocycles. The first-order valence-electron chi connectivity index (χ1n) is 10.3. The maximum Gasteiger partial charge on any atom is 0.225 e. The van der Waals surface area contributed by atoms with Gasteiger partial charge in [-0.15, -0.1) is 0 Å². The number of nitrogens with one attached hydrogen (secondary N) is 2. The highest BCUT2D eigenvalue weighted by molar-refractivity contribution is 7.22. The molecule has 0 bridgehead atoms. The summed E-state index contributed by atoms with van der Waals surface area (Å²) >= 11 is 1.46. The standard InChI is InChI=1S/C23H28N4O2S/c1-3-21(28)26-23-25-19-12-10-17(16-20(19)30-23)11-13-22(29)24-14-15-27(4-2)18-8-6-5-7-9-18/h5-10,12,16H,3-4,11,13-15H2,1-2H3,(H,24,29)(H,25,26,28). The lowest BCUT2D eigenvalue weighted by Gasteiger charge is -2.23. The van der Waals surface area contributed by atoms with Gasteiger partial charge in [0.1, 0.15) is 0 Å². The Morgan fingerprint density at radius 3 is 2.60 bits per heavy atom. The molecule has 7 heteroatoms. The van der Waals surface area contributed by atoms with Crippen LogP contribution in [0, 0.1) is 0 Å². The molecule has 0 fully saturated rings. The van der Waals surface area contributed by atoms with E-state index in [2.05, 4.69) is 45.6 Å². The van der Waals surface area contributed by atoms with Crippen LogP contribution in [0.3, 0.4) is 0 Å². The summed E-state index contributed by atoms with van der Waals surface area (Å²) in [6, 6.07) is 16.2. The van der Waals surface area contributed by atoms with Crippen molar-refractivity contribution < 1.29 is 9.59 Å². The van der Waals surface area contributed by atoms with E-state index < -0.39 is 0 Å². The molecule has 3 aromatic rings. The largest absolute Gasteiger partial charge is 0.370 e. The topological polar surface area (TPSA) is 74.3 Å². The van der Waals surface area contributed by atoms with E-state index in [-0.39, 0.29) is 11.8 Å². The van der Waals surface area contributed by atoms with Gasteiger partial charge in [-0.3, -0.25) is 9.59 Å². The number of hydrogen-bond acceptors (Lipinski definition) is 5. The number of aromatic nitrogens is 1. The van der Waals surface area contributed by atoms with Gasteiger partial charge in [0.15, 0.2) is 5.13 Å². The number of amides is 2. The van der Waals surface area contributed by atoms with Gasteiger partial charge in [0.25, 0.3) is 0 Å². The fourth-order valence-corrected chi connectivity index (χ4v) is 4.12. The van der Waals surface area contributed by atoms with Crippen molar-refractivity contribution in [3.05, 3.63) is 54.1 Å². The molecule has 0 aliphatic carbocycles. The van der Waals surface area contributed by atoms with E-state index in [0.717, 1.165) is 28.9 Å². The molecule has 2 N–H and O–H groups in total. The van der Waals surface area contributed by atoms with Gasteiger partial charge in [-0.05, 0) is 43.2 Å². The molecule has 0 unspecified atom stereocenters. The molecule has 1 heterocycles. The number of nitrogens with zero attached hydrogens (tertiary/aromatic N) is 2. The number of benzene rings is 2. The summed E-state index contributed by atoms with van der Waals surface area (Å²) in [5.74, 6) is 0.0132. The molecule has 0 saturated heterocycles. The first-order valence-corrected chi connectivity index (χ1v) is 11.2. The normalized spacial score (nSPS) is 10.7. The molecule has 0 radical (unpaired) electrons. The van der Waals surface area contributed by atoms with Crippen LogP contribution < -0.4 is 15.5 Å². The van der Waals surface area contributed by atoms with Gasteiger partial charge in [-0.1, -0.05) is 42.5 Å². The number of likely N-dealkylation sites (N-methyl/N-ethyl adjacent to an activating group) is 1. The Morgan fingerprint density at radius 2 is 1.87 bits per heavy atom. The van der Waals surface area contributed by atoms with Gasteiger partial charge in [-0.2, -0.15) is 0 Å². The van der Waals surface area contributed by atoms with Crippen molar-refractivity contribution in [1.82, 2.24) is 10.3 Å². The number of carbonyl (C=O) groups is 2. The first-order chi connectivity index (χ1) is 14.6. The lowest BCUT2D eigenvalue weighted by molar-refractivity contribution is -0.121. The van der Waals surface area contributed by atoms with Crippen LogP contribution in [0.5, 0.6) is 0 Å². The van der Waals surface area contributed by atoms with Crippen LogP contribution in [0.2, 0.25) is 0 Å². The molecule has 2 aromatic carbocycles. The maximum atomic E-state index is 12.3. The number of carbonyl (C=O) groups excluding carboxylic acids is 2. The predicted octanol–water partition coefficient (Wildman–Crippen LogP) is 4.22. The first kappa shape index (κ1) is 21.8. The highest BCUT2D eigenvalue weighted by Crippen LogP contribution is 2.27. The number of thiazole rings is 1. The third-order valence-electron chi connectivity index (χ3n) is 4.87. The number of rotatable bonds is 10. The van der Waals surface area contributed by atoms with Crippen LogP contribution in [0.15, 0.2) is 48.5 Å². The summed E-state index contributed by atoms with van der Waals surface area (Å²) < 4.78 is 1.01. The molecular formula is C23H28N4O2S. The fraction of sp³-hybridized carbons (Fsp3) is 0.348.